The Morgan fingerprint density at radius 3 is 2.83 bits per heavy atom. The van der Waals surface area contributed by atoms with Gasteiger partial charge < -0.3 is 19.5 Å². The van der Waals surface area contributed by atoms with Gasteiger partial charge in [0.25, 0.3) is 0 Å². The van der Waals surface area contributed by atoms with Gasteiger partial charge in [-0.05, 0) is 55.7 Å². The summed E-state index contributed by atoms with van der Waals surface area (Å²) in [5.74, 6) is -0.185. The highest BCUT2D eigenvalue weighted by atomic mass is 32.1. The molecule has 2 atom stereocenters. The average molecular weight is 413 g/mol. The van der Waals surface area contributed by atoms with Crippen molar-refractivity contribution in [3.63, 3.8) is 0 Å². The number of thiocarbonyl (C=S) groups is 1. The van der Waals surface area contributed by atoms with Crippen LogP contribution in [0.3, 0.4) is 0 Å². The van der Waals surface area contributed by atoms with Gasteiger partial charge in [-0.2, -0.15) is 0 Å². The van der Waals surface area contributed by atoms with Crippen molar-refractivity contribution >= 4 is 23.3 Å². The summed E-state index contributed by atoms with van der Waals surface area (Å²) in [5, 5.41) is 4.21. The van der Waals surface area contributed by atoms with Crippen LogP contribution in [0.2, 0.25) is 0 Å². The minimum atomic E-state index is -0.185. The molecule has 0 bridgehead atoms. The molecule has 3 heterocycles. The van der Waals surface area contributed by atoms with Crippen molar-refractivity contribution in [2.75, 3.05) is 13.7 Å². The molecule has 2 fully saturated rings. The number of aromatic nitrogens is 2. The number of methoxy groups -OCH3 is 1. The lowest BCUT2D eigenvalue weighted by molar-refractivity contribution is -0.140. The first-order chi connectivity index (χ1) is 14.2. The van der Waals surface area contributed by atoms with E-state index in [0.717, 1.165) is 10.8 Å². The lowest BCUT2D eigenvalue weighted by atomic mass is 10.0. The van der Waals surface area contributed by atoms with Crippen LogP contribution >= 0.6 is 12.2 Å². The van der Waals surface area contributed by atoms with Gasteiger partial charge in [0, 0.05) is 37.1 Å². The van der Waals surface area contributed by atoms with Crippen LogP contribution in [0.1, 0.15) is 68.0 Å². The summed E-state index contributed by atoms with van der Waals surface area (Å²) in [7, 11) is 1.43. The number of nitrogens with one attached hydrogen (secondary N) is 1. The molecule has 0 spiro atoms. The molecule has 2 aromatic heterocycles. The highest BCUT2D eigenvalue weighted by molar-refractivity contribution is 7.80. The van der Waals surface area contributed by atoms with Crippen LogP contribution in [-0.4, -0.2) is 39.2 Å². The number of rotatable bonds is 7. The van der Waals surface area contributed by atoms with E-state index < -0.39 is 0 Å². The SMILES string of the molecule is COC(=O)CCCN1C(=S)N[C@H](c2ccccn2)[C@H]1c1cccn1C1CCCC1. The number of carbonyl (C=O) groups is 1. The summed E-state index contributed by atoms with van der Waals surface area (Å²) in [5.41, 5.74) is 2.24. The molecule has 4 rings (SSSR count). The number of carbonyl (C=O) groups excluding carboxylic acids is 1. The standard InChI is InChI=1S/C22H28N4O2S/c1-28-19(27)12-7-15-26-21(18-11-6-14-25(18)16-8-2-3-9-16)20(24-22(26)29)17-10-4-5-13-23-17/h4-6,10-11,13-14,16,20-21H,2-3,7-9,12,15H2,1H3,(H,24,29)/t20-,21-/m1/s1. The van der Waals surface area contributed by atoms with E-state index in [0.29, 0.717) is 25.4 Å². The molecule has 1 saturated carbocycles. The van der Waals surface area contributed by atoms with Gasteiger partial charge in [0.15, 0.2) is 5.11 Å². The highest BCUT2D eigenvalue weighted by Crippen LogP contribution is 2.41. The third-order valence-electron chi connectivity index (χ3n) is 6.04. The van der Waals surface area contributed by atoms with Gasteiger partial charge in [-0.25, -0.2) is 0 Å². The zero-order chi connectivity index (χ0) is 20.2. The van der Waals surface area contributed by atoms with Gasteiger partial charge >= 0.3 is 5.97 Å². The number of esters is 1. The van der Waals surface area contributed by atoms with E-state index in [1.165, 1.54) is 38.5 Å². The third-order valence-corrected chi connectivity index (χ3v) is 6.39. The molecule has 0 radical (unpaired) electrons. The monoisotopic (exact) mass is 412 g/mol. The molecule has 7 heteroatoms. The Morgan fingerprint density at radius 2 is 2.10 bits per heavy atom. The summed E-state index contributed by atoms with van der Waals surface area (Å²) < 4.78 is 7.24. The molecule has 0 unspecified atom stereocenters. The second-order valence-corrected chi connectivity index (χ2v) is 8.16. The summed E-state index contributed by atoms with van der Waals surface area (Å²) in [6.45, 7) is 0.699. The summed E-state index contributed by atoms with van der Waals surface area (Å²) in [6, 6.07) is 10.9. The van der Waals surface area contributed by atoms with Crippen LogP contribution in [-0.2, 0) is 9.53 Å². The fraction of sp³-hybridized carbons (Fsp3) is 0.500. The maximum atomic E-state index is 11.6. The molecule has 2 aromatic rings. The van der Waals surface area contributed by atoms with Crippen molar-refractivity contribution < 1.29 is 9.53 Å². The quantitative estimate of drug-likeness (QED) is 0.549. The number of pyridine rings is 1. The Labute approximate surface area is 177 Å². The van der Waals surface area contributed by atoms with E-state index >= 15 is 0 Å². The van der Waals surface area contributed by atoms with Gasteiger partial charge in [0.05, 0.1) is 24.9 Å². The molecule has 1 aliphatic carbocycles. The van der Waals surface area contributed by atoms with Crippen LogP contribution in [0, 0.1) is 0 Å². The van der Waals surface area contributed by atoms with Crippen LogP contribution < -0.4 is 5.32 Å². The van der Waals surface area contributed by atoms with E-state index in [-0.39, 0.29) is 18.1 Å². The van der Waals surface area contributed by atoms with Crippen molar-refractivity contribution in [1.29, 1.82) is 0 Å². The predicted octanol–water partition coefficient (Wildman–Crippen LogP) is 3.92. The van der Waals surface area contributed by atoms with Crippen molar-refractivity contribution in [1.82, 2.24) is 19.8 Å². The second-order valence-electron chi connectivity index (χ2n) is 7.78. The van der Waals surface area contributed by atoms with Crippen molar-refractivity contribution in [3.8, 4) is 0 Å². The van der Waals surface area contributed by atoms with Gasteiger partial charge in [0.2, 0.25) is 0 Å². The zero-order valence-electron chi connectivity index (χ0n) is 16.8. The molecule has 1 N–H and O–H groups in total. The molecule has 1 saturated heterocycles. The summed E-state index contributed by atoms with van der Waals surface area (Å²) >= 11 is 5.72. The van der Waals surface area contributed by atoms with Crippen LogP contribution in [0.4, 0.5) is 0 Å². The Hall–Kier alpha value is -2.41. The van der Waals surface area contributed by atoms with Gasteiger partial charge in [0.1, 0.15) is 0 Å². The van der Waals surface area contributed by atoms with E-state index in [1.54, 1.807) is 0 Å². The molecule has 2 aliphatic rings. The first-order valence-corrected chi connectivity index (χ1v) is 10.8. The first-order valence-electron chi connectivity index (χ1n) is 10.4. The average Bonchev–Trinajstić information content (AvgIpc) is 3.48. The topological polar surface area (TPSA) is 59.4 Å². The lowest BCUT2D eigenvalue weighted by Gasteiger charge is -2.30. The molecule has 0 amide bonds. The lowest BCUT2D eigenvalue weighted by Crippen LogP contribution is -2.32. The van der Waals surface area contributed by atoms with Gasteiger partial charge in [-0.1, -0.05) is 18.9 Å². The third kappa shape index (κ3) is 4.15. The normalized spacial score (nSPS) is 22.1. The van der Waals surface area contributed by atoms with Crippen molar-refractivity contribution in [3.05, 3.63) is 54.1 Å². The number of ether oxygens (including phenoxy) is 1. The number of nitrogens with zero attached hydrogens (tertiary/aromatic N) is 3. The summed E-state index contributed by atoms with van der Waals surface area (Å²) in [4.78, 5) is 18.4. The van der Waals surface area contributed by atoms with E-state index in [9.17, 15) is 4.79 Å². The fourth-order valence-electron chi connectivity index (χ4n) is 4.64. The number of hydrogen-bond acceptors (Lipinski definition) is 4. The predicted molar refractivity (Wildman–Crippen MR) is 115 cm³/mol. The van der Waals surface area contributed by atoms with Crippen molar-refractivity contribution in [2.45, 2.75) is 56.7 Å². The van der Waals surface area contributed by atoms with Gasteiger partial charge in [-0.15, -0.1) is 0 Å². The van der Waals surface area contributed by atoms with Crippen LogP contribution in [0.15, 0.2) is 42.7 Å². The number of hydrogen-bond donors (Lipinski definition) is 1. The highest BCUT2D eigenvalue weighted by Gasteiger charge is 2.41. The second kappa shape index (κ2) is 8.95. The minimum absolute atomic E-state index is 0.0168. The van der Waals surface area contributed by atoms with Crippen molar-refractivity contribution in [2.24, 2.45) is 0 Å². The van der Waals surface area contributed by atoms with E-state index in [1.807, 2.05) is 24.4 Å². The Bertz CT molecular complexity index is 848. The molecular weight excluding hydrogens is 384 g/mol. The van der Waals surface area contributed by atoms with E-state index in [4.69, 9.17) is 17.0 Å². The smallest absolute Gasteiger partial charge is 0.305 e. The molecule has 6 nitrogen and oxygen atoms in total. The maximum absolute atomic E-state index is 11.6. The van der Waals surface area contributed by atoms with Crippen LogP contribution in [0.25, 0.3) is 0 Å². The Balaban J connectivity index is 1.65. The Morgan fingerprint density at radius 1 is 1.28 bits per heavy atom. The molecule has 1 aliphatic heterocycles. The largest absolute Gasteiger partial charge is 0.469 e. The molecule has 29 heavy (non-hydrogen) atoms. The van der Waals surface area contributed by atoms with Gasteiger partial charge in [-0.3, -0.25) is 9.78 Å². The van der Waals surface area contributed by atoms with E-state index in [2.05, 4.69) is 38.1 Å². The minimum Gasteiger partial charge on any atom is -0.469 e. The molecule has 0 aromatic carbocycles. The zero-order valence-corrected chi connectivity index (χ0v) is 17.6. The van der Waals surface area contributed by atoms with Crippen LogP contribution in [0.5, 0.6) is 0 Å². The Kier molecular flexibility index (Phi) is 6.13. The molecular formula is C22H28N4O2S. The molecule has 154 valence electrons. The summed E-state index contributed by atoms with van der Waals surface area (Å²) in [6.07, 6.45) is 10.1. The maximum Gasteiger partial charge on any atom is 0.305 e. The fourth-order valence-corrected chi connectivity index (χ4v) is 4.97. The first kappa shape index (κ1) is 19.9.